The number of nitriles is 1. The minimum atomic E-state index is -0.710. The van der Waals surface area contributed by atoms with Gasteiger partial charge in [0.2, 0.25) is 0 Å². The number of quaternary nitrogens is 1. The predicted molar refractivity (Wildman–Crippen MR) is 101 cm³/mol. The molecule has 1 aliphatic carbocycles. The number of hydrogen-bond acceptors (Lipinski definition) is 3. The van der Waals surface area contributed by atoms with Gasteiger partial charge < -0.3 is 15.5 Å². The Morgan fingerprint density at radius 2 is 1.85 bits per heavy atom. The maximum Gasteiger partial charge on any atom is 0.279 e. The van der Waals surface area contributed by atoms with E-state index in [1.165, 1.54) is 0 Å². The second-order valence-corrected chi connectivity index (χ2v) is 7.17. The fourth-order valence-corrected chi connectivity index (χ4v) is 3.51. The third kappa shape index (κ3) is 5.57. The fraction of sp³-hybridized carbons (Fsp3) is 0.550. The van der Waals surface area contributed by atoms with Gasteiger partial charge in [0.15, 0.2) is 13.1 Å². The maximum absolute atomic E-state index is 12.4. The molecule has 0 bridgehead atoms. The molecule has 2 rings (SSSR count). The normalized spacial score (nSPS) is 16.5. The lowest BCUT2D eigenvalue weighted by Gasteiger charge is -2.24. The summed E-state index contributed by atoms with van der Waals surface area (Å²) in [7, 11) is 0. The molecule has 0 heterocycles. The van der Waals surface area contributed by atoms with Crippen LogP contribution in [0, 0.1) is 18.3 Å². The van der Waals surface area contributed by atoms with Crippen LogP contribution in [0.4, 0.5) is 5.69 Å². The summed E-state index contributed by atoms with van der Waals surface area (Å²) in [4.78, 5) is 25.7. The van der Waals surface area contributed by atoms with Crippen LogP contribution in [-0.2, 0) is 9.59 Å². The summed E-state index contributed by atoms with van der Waals surface area (Å²) in [6.45, 7) is 5.15. The van der Waals surface area contributed by atoms with Crippen LogP contribution in [0.25, 0.3) is 0 Å². The molecule has 6 heteroatoms. The van der Waals surface area contributed by atoms with Gasteiger partial charge in [-0.05, 0) is 50.7 Å². The zero-order valence-corrected chi connectivity index (χ0v) is 15.7. The first kappa shape index (κ1) is 19.9. The molecule has 26 heavy (non-hydrogen) atoms. The highest BCUT2D eigenvalue weighted by Gasteiger charge is 2.36. The molecule has 140 valence electrons. The summed E-state index contributed by atoms with van der Waals surface area (Å²) < 4.78 is 0. The minimum Gasteiger partial charge on any atom is -0.333 e. The van der Waals surface area contributed by atoms with Gasteiger partial charge in [-0.3, -0.25) is 9.59 Å². The van der Waals surface area contributed by atoms with E-state index >= 15 is 0 Å². The zero-order chi connectivity index (χ0) is 19.0. The van der Waals surface area contributed by atoms with E-state index in [1.54, 1.807) is 0 Å². The third-order valence-corrected chi connectivity index (χ3v) is 4.89. The number of benzene rings is 1. The van der Waals surface area contributed by atoms with Crippen LogP contribution >= 0.6 is 0 Å². The highest BCUT2D eigenvalue weighted by atomic mass is 16.2. The SMILES string of the molecule is CCC[NH+](CC(=O)Nc1ccccc1C)CC(=O)NC1(C#N)CCCC1. The Morgan fingerprint density at radius 1 is 1.19 bits per heavy atom. The lowest BCUT2D eigenvalue weighted by atomic mass is 10.00. The Kier molecular flexibility index (Phi) is 7.16. The fourth-order valence-electron chi connectivity index (χ4n) is 3.51. The van der Waals surface area contributed by atoms with Crippen molar-refractivity contribution in [2.24, 2.45) is 0 Å². The van der Waals surface area contributed by atoms with E-state index in [-0.39, 0.29) is 24.9 Å². The topological polar surface area (TPSA) is 86.4 Å². The third-order valence-electron chi connectivity index (χ3n) is 4.89. The average Bonchev–Trinajstić information content (AvgIpc) is 3.06. The van der Waals surface area contributed by atoms with Crippen LogP contribution in [0.5, 0.6) is 0 Å². The van der Waals surface area contributed by atoms with Crippen LogP contribution in [0.15, 0.2) is 24.3 Å². The van der Waals surface area contributed by atoms with Gasteiger partial charge >= 0.3 is 0 Å². The first-order valence-corrected chi connectivity index (χ1v) is 9.39. The van der Waals surface area contributed by atoms with E-state index in [0.717, 1.165) is 42.0 Å². The van der Waals surface area contributed by atoms with Crippen molar-refractivity contribution < 1.29 is 14.5 Å². The average molecular weight is 357 g/mol. The molecule has 0 saturated heterocycles. The van der Waals surface area contributed by atoms with Gasteiger partial charge in [-0.1, -0.05) is 25.1 Å². The van der Waals surface area contributed by atoms with Gasteiger partial charge in [0.25, 0.3) is 11.8 Å². The van der Waals surface area contributed by atoms with Crippen molar-refractivity contribution >= 4 is 17.5 Å². The van der Waals surface area contributed by atoms with Crippen molar-refractivity contribution in [3.63, 3.8) is 0 Å². The standard InChI is InChI=1S/C20H28N4O2/c1-3-12-24(13-18(25)22-17-9-5-4-8-16(17)2)14-19(26)23-20(15-21)10-6-7-11-20/h4-5,8-9H,3,6-7,10-14H2,1-2H3,(H,22,25)(H,23,26)/p+1. The quantitative estimate of drug-likeness (QED) is 0.653. The highest BCUT2D eigenvalue weighted by molar-refractivity contribution is 5.92. The number of para-hydroxylation sites is 1. The summed E-state index contributed by atoms with van der Waals surface area (Å²) in [5, 5.41) is 15.2. The molecule has 6 nitrogen and oxygen atoms in total. The summed E-state index contributed by atoms with van der Waals surface area (Å²) in [5.74, 6) is -0.257. The molecule has 1 saturated carbocycles. The van der Waals surface area contributed by atoms with E-state index < -0.39 is 5.54 Å². The highest BCUT2D eigenvalue weighted by Crippen LogP contribution is 2.28. The number of carbonyl (C=O) groups excluding carboxylic acids is 2. The zero-order valence-electron chi connectivity index (χ0n) is 15.7. The van der Waals surface area contributed by atoms with E-state index in [4.69, 9.17) is 0 Å². The van der Waals surface area contributed by atoms with Crippen molar-refractivity contribution in [2.75, 3.05) is 25.0 Å². The summed E-state index contributed by atoms with van der Waals surface area (Å²) in [6, 6.07) is 9.90. The molecular weight excluding hydrogens is 328 g/mol. The molecule has 2 amide bonds. The number of carbonyl (C=O) groups is 2. The van der Waals surface area contributed by atoms with Gasteiger partial charge in [0.1, 0.15) is 5.54 Å². The number of aryl methyl sites for hydroxylation is 1. The molecule has 1 atom stereocenters. The molecule has 1 unspecified atom stereocenters. The van der Waals surface area contributed by atoms with Crippen molar-refractivity contribution in [3.05, 3.63) is 29.8 Å². The van der Waals surface area contributed by atoms with Crippen LogP contribution in [0.2, 0.25) is 0 Å². The number of amides is 2. The Balaban J connectivity index is 1.91. The van der Waals surface area contributed by atoms with Gasteiger partial charge in [-0.25, -0.2) is 0 Å². The molecular formula is C20H29N4O2+. The Labute approximate surface area is 155 Å². The lowest BCUT2D eigenvalue weighted by Crippen LogP contribution is -3.14. The van der Waals surface area contributed by atoms with Crippen molar-refractivity contribution in [1.82, 2.24) is 5.32 Å². The second kappa shape index (κ2) is 9.35. The van der Waals surface area contributed by atoms with Crippen LogP contribution < -0.4 is 15.5 Å². The minimum absolute atomic E-state index is 0.105. The van der Waals surface area contributed by atoms with Crippen molar-refractivity contribution in [1.29, 1.82) is 5.26 Å². The summed E-state index contributed by atoms with van der Waals surface area (Å²) in [6.07, 6.45) is 4.25. The summed E-state index contributed by atoms with van der Waals surface area (Å²) >= 11 is 0. The lowest BCUT2D eigenvalue weighted by molar-refractivity contribution is -0.883. The van der Waals surface area contributed by atoms with E-state index in [0.29, 0.717) is 12.8 Å². The predicted octanol–water partition coefficient (Wildman–Crippen LogP) is 1.18. The molecule has 1 aromatic carbocycles. The molecule has 1 fully saturated rings. The van der Waals surface area contributed by atoms with E-state index in [9.17, 15) is 14.9 Å². The molecule has 1 aromatic rings. The smallest absolute Gasteiger partial charge is 0.279 e. The van der Waals surface area contributed by atoms with Crippen molar-refractivity contribution in [2.45, 2.75) is 51.5 Å². The maximum atomic E-state index is 12.4. The largest absolute Gasteiger partial charge is 0.333 e. The first-order valence-electron chi connectivity index (χ1n) is 9.39. The number of anilines is 1. The number of nitrogens with one attached hydrogen (secondary N) is 3. The monoisotopic (exact) mass is 357 g/mol. The van der Waals surface area contributed by atoms with Crippen LogP contribution in [0.3, 0.4) is 0 Å². The number of hydrogen-bond donors (Lipinski definition) is 3. The Hall–Kier alpha value is -2.39. The molecule has 0 spiro atoms. The number of rotatable bonds is 8. The van der Waals surface area contributed by atoms with E-state index in [2.05, 4.69) is 16.7 Å². The van der Waals surface area contributed by atoms with Gasteiger partial charge in [0.05, 0.1) is 12.6 Å². The Morgan fingerprint density at radius 3 is 2.46 bits per heavy atom. The van der Waals surface area contributed by atoms with Crippen LogP contribution in [0.1, 0.15) is 44.6 Å². The Bertz CT molecular complexity index is 675. The van der Waals surface area contributed by atoms with Crippen LogP contribution in [-0.4, -0.2) is 37.0 Å². The van der Waals surface area contributed by atoms with Gasteiger partial charge in [-0.2, -0.15) is 5.26 Å². The van der Waals surface area contributed by atoms with Gasteiger partial charge in [0, 0.05) is 5.69 Å². The van der Waals surface area contributed by atoms with Crippen molar-refractivity contribution in [3.8, 4) is 6.07 Å². The summed E-state index contributed by atoms with van der Waals surface area (Å²) in [5.41, 5.74) is 1.10. The molecule has 0 aromatic heterocycles. The number of nitrogens with zero attached hydrogens (tertiary/aromatic N) is 1. The van der Waals surface area contributed by atoms with E-state index in [1.807, 2.05) is 38.1 Å². The molecule has 3 N–H and O–H groups in total. The molecule has 1 aliphatic rings. The van der Waals surface area contributed by atoms with Gasteiger partial charge in [-0.15, -0.1) is 0 Å². The second-order valence-electron chi connectivity index (χ2n) is 7.17. The first-order chi connectivity index (χ1) is 12.5. The molecule has 0 radical (unpaired) electrons. The molecule has 0 aliphatic heterocycles.